The van der Waals surface area contributed by atoms with E-state index in [0.29, 0.717) is 12.3 Å². The zero-order chi connectivity index (χ0) is 14.9. The van der Waals surface area contributed by atoms with Gasteiger partial charge in [0.1, 0.15) is 0 Å². The number of rotatable bonds is 5. The van der Waals surface area contributed by atoms with E-state index in [1.54, 1.807) is 6.07 Å². The number of thiazole rings is 1. The summed E-state index contributed by atoms with van der Waals surface area (Å²) in [4.78, 5) is 15.4. The lowest BCUT2D eigenvalue weighted by Gasteiger charge is -2.20. The average molecular weight is 293 g/mol. The molecule has 6 heteroatoms. The van der Waals surface area contributed by atoms with Crippen molar-refractivity contribution in [2.24, 2.45) is 5.92 Å². The van der Waals surface area contributed by atoms with E-state index in [1.807, 2.05) is 20.0 Å². The van der Waals surface area contributed by atoms with Crippen molar-refractivity contribution in [2.45, 2.75) is 33.2 Å². The molecule has 0 saturated heterocycles. The number of likely N-dealkylation sites (N-methyl/N-ethyl adjacent to an activating group) is 1. The van der Waals surface area contributed by atoms with E-state index in [9.17, 15) is 10.1 Å². The molecule has 1 N–H and O–H groups in total. The molecule has 5 nitrogen and oxygen atoms in total. The van der Waals surface area contributed by atoms with E-state index in [1.165, 1.54) is 11.3 Å². The fourth-order valence-electron chi connectivity index (χ4n) is 2.36. The third-order valence-corrected chi connectivity index (χ3v) is 4.44. The number of nitrogens with zero attached hydrogens (tertiary/aromatic N) is 2. The predicted octanol–water partition coefficient (Wildman–Crippen LogP) is 3.30. The molecular formula is C14H19N3O2S. The summed E-state index contributed by atoms with van der Waals surface area (Å²) in [5.74, 6) is 0.410. The molecule has 0 amide bonds. The molecule has 0 bridgehead atoms. The molecule has 1 atom stereocenters. The Morgan fingerprint density at radius 2 is 2.15 bits per heavy atom. The Morgan fingerprint density at radius 3 is 2.70 bits per heavy atom. The maximum Gasteiger partial charge on any atom is 0.274 e. The summed E-state index contributed by atoms with van der Waals surface area (Å²) in [5, 5.41) is 15.4. The van der Waals surface area contributed by atoms with Crippen LogP contribution in [0, 0.1) is 23.0 Å². The minimum absolute atomic E-state index is 0.196. The zero-order valence-electron chi connectivity index (χ0n) is 12.1. The lowest BCUT2D eigenvalue weighted by Crippen LogP contribution is -2.32. The fraction of sp³-hybridized carbons (Fsp3) is 0.500. The lowest BCUT2D eigenvalue weighted by atomic mass is 9.95. The number of aryl methyl sites for hydroxylation is 1. The van der Waals surface area contributed by atoms with Crippen LogP contribution in [0.2, 0.25) is 0 Å². The van der Waals surface area contributed by atoms with Gasteiger partial charge < -0.3 is 5.32 Å². The van der Waals surface area contributed by atoms with Gasteiger partial charge in [-0.25, -0.2) is 4.98 Å². The summed E-state index contributed by atoms with van der Waals surface area (Å²) >= 11 is 1.49. The van der Waals surface area contributed by atoms with Crippen molar-refractivity contribution in [3.8, 4) is 0 Å². The van der Waals surface area contributed by atoms with Gasteiger partial charge in [-0.3, -0.25) is 10.1 Å². The van der Waals surface area contributed by atoms with Crippen LogP contribution in [0.1, 0.15) is 24.4 Å². The van der Waals surface area contributed by atoms with Crippen LogP contribution in [0.5, 0.6) is 0 Å². The smallest absolute Gasteiger partial charge is 0.274 e. The van der Waals surface area contributed by atoms with Crippen molar-refractivity contribution in [3.05, 3.63) is 32.8 Å². The van der Waals surface area contributed by atoms with Gasteiger partial charge in [0, 0.05) is 17.7 Å². The number of nitro groups is 1. The summed E-state index contributed by atoms with van der Waals surface area (Å²) < 4.78 is 0.878. The number of nitro benzene ring substituents is 1. The van der Waals surface area contributed by atoms with Crippen LogP contribution in [-0.4, -0.2) is 23.0 Å². The quantitative estimate of drug-likeness (QED) is 0.678. The Hall–Kier alpha value is -1.53. The van der Waals surface area contributed by atoms with Crippen molar-refractivity contribution in [1.29, 1.82) is 0 Å². The molecule has 108 valence electrons. The molecule has 2 aromatic rings. The van der Waals surface area contributed by atoms with Gasteiger partial charge in [-0.2, -0.15) is 0 Å². The molecule has 0 aliphatic heterocycles. The van der Waals surface area contributed by atoms with Crippen molar-refractivity contribution >= 4 is 27.2 Å². The van der Waals surface area contributed by atoms with Gasteiger partial charge in [0.25, 0.3) is 5.69 Å². The van der Waals surface area contributed by atoms with Gasteiger partial charge in [0.05, 0.1) is 20.1 Å². The van der Waals surface area contributed by atoms with Crippen LogP contribution in [0.25, 0.3) is 10.2 Å². The normalized spacial score (nSPS) is 13.1. The molecule has 0 spiro atoms. The van der Waals surface area contributed by atoms with Crippen LogP contribution in [-0.2, 0) is 6.42 Å². The van der Waals surface area contributed by atoms with Crippen molar-refractivity contribution in [1.82, 2.24) is 10.3 Å². The van der Waals surface area contributed by atoms with Gasteiger partial charge in [0.15, 0.2) is 0 Å². The summed E-state index contributed by atoms with van der Waals surface area (Å²) in [6, 6.07) is 3.73. The fourth-order valence-corrected chi connectivity index (χ4v) is 3.21. The van der Waals surface area contributed by atoms with E-state index in [2.05, 4.69) is 24.1 Å². The van der Waals surface area contributed by atoms with E-state index in [-0.39, 0.29) is 16.7 Å². The Balaban J connectivity index is 2.48. The minimum atomic E-state index is -0.295. The number of fused-ring (bicyclic) bond motifs is 1. The van der Waals surface area contributed by atoms with E-state index in [0.717, 1.165) is 20.8 Å². The minimum Gasteiger partial charge on any atom is -0.316 e. The SMILES string of the molecule is CNC(Cc1cc2nc(C)sc2cc1[N+](=O)[O-])C(C)C. The largest absolute Gasteiger partial charge is 0.316 e. The molecule has 1 aromatic carbocycles. The number of hydrogen-bond donors (Lipinski definition) is 1. The van der Waals surface area contributed by atoms with Crippen LogP contribution < -0.4 is 5.32 Å². The molecule has 1 unspecified atom stereocenters. The average Bonchev–Trinajstić information content (AvgIpc) is 2.73. The monoisotopic (exact) mass is 293 g/mol. The highest BCUT2D eigenvalue weighted by Gasteiger charge is 2.21. The second-order valence-corrected chi connectivity index (χ2v) is 6.52. The van der Waals surface area contributed by atoms with Crippen molar-refractivity contribution < 1.29 is 4.92 Å². The Kier molecular flexibility index (Phi) is 4.35. The summed E-state index contributed by atoms with van der Waals surface area (Å²) in [7, 11) is 1.89. The van der Waals surface area contributed by atoms with Gasteiger partial charge in [-0.1, -0.05) is 13.8 Å². The predicted molar refractivity (Wildman–Crippen MR) is 82.4 cm³/mol. The molecule has 0 fully saturated rings. The molecule has 0 radical (unpaired) electrons. The molecule has 0 aliphatic carbocycles. The van der Waals surface area contributed by atoms with Gasteiger partial charge in [-0.05, 0) is 32.4 Å². The topological polar surface area (TPSA) is 68.1 Å². The summed E-state index contributed by atoms with van der Waals surface area (Å²) in [6.07, 6.45) is 0.636. The Bertz CT molecular complexity index is 637. The summed E-state index contributed by atoms with van der Waals surface area (Å²) in [6.45, 7) is 6.14. The van der Waals surface area contributed by atoms with E-state index in [4.69, 9.17) is 0 Å². The van der Waals surface area contributed by atoms with Crippen molar-refractivity contribution in [2.75, 3.05) is 7.05 Å². The highest BCUT2D eigenvalue weighted by atomic mass is 32.1. The van der Waals surface area contributed by atoms with Crippen LogP contribution >= 0.6 is 11.3 Å². The second-order valence-electron chi connectivity index (χ2n) is 5.28. The van der Waals surface area contributed by atoms with Gasteiger partial charge in [0.2, 0.25) is 0 Å². The molecule has 0 aliphatic rings. The standard InChI is InChI=1S/C14H19N3O2S/c1-8(2)11(15-4)5-10-6-12-14(20-9(3)16-12)7-13(10)17(18)19/h6-8,11,15H,5H2,1-4H3. The lowest BCUT2D eigenvalue weighted by molar-refractivity contribution is -0.385. The number of hydrogen-bond acceptors (Lipinski definition) is 5. The van der Waals surface area contributed by atoms with Gasteiger partial charge in [-0.15, -0.1) is 11.3 Å². The number of nitrogens with one attached hydrogen (secondary N) is 1. The third-order valence-electron chi connectivity index (χ3n) is 3.51. The maximum absolute atomic E-state index is 11.3. The molecular weight excluding hydrogens is 274 g/mol. The highest BCUT2D eigenvalue weighted by Crippen LogP contribution is 2.30. The molecule has 0 saturated carbocycles. The molecule has 2 rings (SSSR count). The summed E-state index contributed by atoms with van der Waals surface area (Å²) in [5.41, 5.74) is 1.80. The molecule has 1 aromatic heterocycles. The van der Waals surface area contributed by atoms with Gasteiger partial charge >= 0.3 is 0 Å². The van der Waals surface area contributed by atoms with E-state index >= 15 is 0 Å². The third kappa shape index (κ3) is 2.96. The van der Waals surface area contributed by atoms with Crippen LogP contribution in [0.15, 0.2) is 12.1 Å². The van der Waals surface area contributed by atoms with Crippen LogP contribution in [0.4, 0.5) is 5.69 Å². The Morgan fingerprint density at radius 1 is 1.45 bits per heavy atom. The van der Waals surface area contributed by atoms with E-state index < -0.39 is 0 Å². The second kappa shape index (κ2) is 5.85. The molecule has 20 heavy (non-hydrogen) atoms. The van der Waals surface area contributed by atoms with Crippen LogP contribution in [0.3, 0.4) is 0 Å². The molecule has 1 heterocycles. The number of aromatic nitrogens is 1. The first-order valence-corrected chi connectivity index (χ1v) is 7.45. The Labute approximate surface area is 122 Å². The maximum atomic E-state index is 11.3. The first-order valence-electron chi connectivity index (χ1n) is 6.64. The first kappa shape index (κ1) is 14.9. The highest BCUT2D eigenvalue weighted by molar-refractivity contribution is 7.18. The number of benzene rings is 1. The first-order chi connectivity index (χ1) is 9.42. The zero-order valence-corrected chi connectivity index (χ0v) is 13.0. The van der Waals surface area contributed by atoms with Crippen molar-refractivity contribution in [3.63, 3.8) is 0 Å².